The van der Waals surface area contributed by atoms with Gasteiger partial charge < -0.3 is 16.0 Å². The van der Waals surface area contributed by atoms with Crippen LogP contribution in [0.25, 0.3) is 0 Å². The van der Waals surface area contributed by atoms with Crippen LogP contribution in [0.5, 0.6) is 0 Å². The number of nitrogens with one attached hydrogen (secondary N) is 3. The number of hydrogen-bond acceptors (Lipinski definition) is 5. The number of anilines is 1. The molecule has 1 rings (SSSR count). The van der Waals surface area contributed by atoms with Gasteiger partial charge in [0.1, 0.15) is 11.5 Å². The molecule has 0 aliphatic carbocycles. The monoisotopic (exact) mass is 237 g/mol. The predicted molar refractivity (Wildman–Crippen MR) is 62.6 cm³/mol. The van der Waals surface area contributed by atoms with Crippen molar-refractivity contribution in [3.63, 3.8) is 0 Å². The Kier molecular flexibility index (Phi) is 4.86. The Labute approximate surface area is 99.0 Å². The van der Waals surface area contributed by atoms with E-state index in [4.69, 9.17) is 0 Å². The number of aromatic nitrogens is 2. The molecule has 0 aromatic carbocycles. The van der Waals surface area contributed by atoms with Gasteiger partial charge in [-0.25, -0.2) is 9.97 Å². The Morgan fingerprint density at radius 1 is 1.18 bits per heavy atom. The first-order valence-electron chi connectivity index (χ1n) is 5.16. The summed E-state index contributed by atoms with van der Waals surface area (Å²) in [4.78, 5) is 30.0. The smallest absolute Gasteiger partial charge is 0.271 e. The molecular formula is C10H15N5O2. The molecule has 7 nitrogen and oxygen atoms in total. The Hall–Kier alpha value is -2.18. The summed E-state index contributed by atoms with van der Waals surface area (Å²) >= 11 is 0. The molecule has 2 amide bonds. The predicted octanol–water partition coefficient (Wildman–Crippen LogP) is -0.616. The van der Waals surface area contributed by atoms with Crippen LogP contribution in [0.4, 0.5) is 5.82 Å². The van der Waals surface area contributed by atoms with Crippen LogP contribution in [-0.4, -0.2) is 41.9 Å². The first-order valence-corrected chi connectivity index (χ1v) is 5.16. The Morgan fingerprint density at radius 3 is 2.41 bits per heavy atom. The average molecular weight is 237 g/mol. The van der Waals surface area contributed by atoms with Gasteiger partial charge in [0.25, 0.3) is 5.91 Å². The molecule has 0 bridgehead atoms. The van der Waals surface area contributed by atoms with E-state index in [0.717, 1.165) is 0 Å². The third kappa shape index (κ3) is 4.45. The van der Waals surface area contributed by atoms with Gasteiger partial charge in [0.15, 0.2) is 0 Å². The van der Waals surface area contributed by atoms with E-state index < -0.39 is 0 Å². The van der Waals surface area contributed by atoms with Crippen LogP contribution in [0.3, 0.4) is 0 Å². The summed E-state index contributed by atoms with van der Waals surface area (Å²) < 4.78 is 0. The number of hydrogen-bond donors (Lipinski definition) is 3. The number of nitrogens with zero attached hydrogens (tertiary/aromatic N) is 2. The molecular weight excluding hydrogens is 222 g/mol. The van der Waals surface area contributed by atoms with Gasteiger partial charge in [0, 0.05) is 27.1 Å². The number of amides is 2. The largest absolute Gasteiger partial charge is 0.372 e. The highest BCUT2D eigenvalue weighted by Gasteiger charge is 2.06. The lowest BCUT2D eigenvalue weighted by Gasteiger charge is -2.05. The van der Waals surface area contributed by atoms with E-state index in [1.165, 1.54) is 19.3 Å². The average Bonchev–Trinajstić information content (AvgIpc) is 2.34. The molecule has 0 radical (unpaired) electrons. The van der Waals surface area contributed by atoms with E-state index in [1.807, 2.05) is 0 Å². The maximum atomic E-state index is 11.5. The molecule has 0 aliphatic rings. The highest BCUT2D eigenvalue weighted by molar-refractivity contribution is 5.92. The molecule has 0 aliphatic heterocycles. The quantitative estimate of drug-likeness (QED) is 0.593. The standard InChI is InChI=1S/C10H15N5O2/c1-7(16)12-3-4-13-10(17)8-5-15-9(11-2)6-14-8/h5-6H,3-4H2,1-2H3,(H,11,15)(H,12,16)(H,13,17). The van der Waals surface area contributed by atoms with E-state index in [0.29, 0.717) is 18.9 Å². The van der Waals surface area contributed by atoms with Gasteiger partial charge in [-0.15, -0.1) is 0 Å². The van der Waals surface area contributed by atoms with Crippen molar-refractivity contribution in [2.45, 2.75) is 6.92 Å². The zero-order valence-corrected chi connectivity index (χ0v) is 9.78. The van der Waals surface area contributed by atoms with Crippen LogP contribution in [-0.2, 0) is 4.79 Å². The Balaban J connectivity index is 2.38. The Morgan fingerprint density at radius 2 is 1.88 bits per heavy atom. The van der Waals surface area contributed by atoms with Crippen LogP contribution in [0, 0.1) is 0 Å². The second kappa shape index (κ2) is 6.41. The minimum absolute atomic E-state index is 0.127. The van der Waals surface area contributed by atoms with E-state index in [2.05, 4.69) is 25.9 Å². The van der Waals surface area contributed by atoms with Gasteiger partial charge in [-0.2, -0.15) is 0 Å². The number of carbonyl (C=O) groups excluding carboxylic acids is 2. The fourth-order valence-corrected chi connectivity index (χ4v) is 1.08. The third-order valence-corrected chi connectivity index (χ3v) is 1.93. The van der Waals surface area contributed by atoms with Crippen LogP contribution >= 0.6 is 0 Å². The van der Waals surface area contributed by atoms with Crippen molar-refractivity contribution in [3.8, 4) is 0 Å². The van der Waals surface area contributed by atoms with Gasteiger partial charge in [0.2, 0.25) is 5.91 Å². The molecule has 92 valence electrons. The van der Waals surface area contributed by atoms with Crippen LogP contribution in [0.2, 0.25) is 0 Å². The van der Waals surface area contributed by atoms with Gasteiger partial charge in [-0.3, -0.25) is 9.59 Å². The van der Waals surface area contributed by atoms with Gasteiger partial charge >= 0.3 is 0 Å². The molecule has 17 heavy (non-hydrogen) atoms. The van der Waals surface area contributed by atoms with Crippen molar-refractivity contribution in [1.82, 2.24) is 20.6 Å². The summed E-state index contributed by atoms with van der Waals surface area (Å²) in [6.45, 7) is 2.17. The Bertz CT molecular complexity index is 390. The SMILES string of the molecule is CNc1cnc(C(=O)NCCNC(C)=O)cn1. The summed E-state index contributed by atoms with van der Waals surface area (Å²) in [5, 5.41) is 7.99. The zero-order chi connectivity index (χ0) is 12.7. The van der Waals surface area contributed by atoms with Crippen molar-refractivity contribution in [2.75, 3.05) is 25.5 Å². The molecule has 1 aromatic heterocycles. The first-order chi connectivity index (χ1) is 8.13. The normalized spacial score (nSPS) is 9.53. The molecule has 0 saturated carbocycles. The molecule has 0 atom stereocenters. The lowest BCUT2D eigenvalue weighted by molar-refractivity contribution is -0.118. The molecule has 7 heteroatoms. The fraction of sp³-hybridized carbons (Fsp3) is 0.400. The summed E-state index contributed by atoms with van der Waals surface area (Å²) in [6, 6.07) is 0. The third-order valence-electron chi connectivity index (χ3n) is 1.93. The minimum Gasteiger partial charge on any atom is -0.372 e. The molecule has 1 aromatic rings. The summed E-state index contributed by atoms with van der Waals surface area (Å²) in [5.74, 6) is 0.155. The van der Waals surface area contributed by atoms with Crippen LogP contribution in [0.1, 0.15) is 17.4 Å². The molecule has 0 saturated heterocycles. The fourth-order valence-electron chi connectivity index (χ4n) is 1.08. The van der Waals surface area contributed by atoms with Crippen molar-refractivity contribution in [3.05, 3.63) is 18.1 Å². The molecule has 0 spiro atoms. The molecule has 3 N–H and O–H groups in total. The van der Waals surface area contributed by atoms with E-state index in [1.54, 1.807) is 7.05 Å². The van der Waals surface area contributed by atoms with Crippen molar-refractivity contribution >= 4 is 17.6 Å². The molecule has 1 heterocycles. The lowest BCUT2D eigenvalue weighted by Crippen LogP contribution is -2.34. The van der Waals surface area contributed by atoms with Crippen LogP contribution < -0.4 is 16.0 Å². The minimum atomic E-state index is -0.314. The van der Waals surface area contributed by atoms with Gasteiger partial charge in [0.05, 0.1) is 12.4 Å². The zero-order valence-electron chi connectivity index (χ0n) is 9.78. The van der Waals surface area contributed by atoms with Crippen molar-refractivity contribution < 1.29 is 9.59 Å². The number of rotatable bonds is 5. The first kappa shape index (κ1) is 12.9. The van der Waals surface area contributed by atoms with Crippen molar-refractivity contribution in [1.29, 1.82) is 0 Å². The highest BCUT2D eigenvalue weighted by atomic mass is 16.2. The summed E-state index contributed by atoms with van der Waals surface area (Å²) in [7, 11) is 1.72. The molecule has 0 unspecified atom stereocenters. The second-order valence-corrected chi connectivity index (χ2v) is 3.28. The maximum Gasteiger partial charge on any atom is 0.271 e. The van der Waals surface area contributed by atoms with Crippen LogP contribution in [0.15, 0.2) is 12.4 Å². The van der Waals surface area contributed by atoms with Crippen molar-refractivity contribution in [2.24, 2.45) is 0 Å². The van der Waals surface area contributed by atoms with E-state index in [-0.39, 0.29) is 17.5 Å². The lowest BCUT2D eigenvalue weighted by atomic mass is 10.4. The maximum absolute atomic E-state index is 11.5. The number of carbonyl (C=O) groups is 2. The summed E-state index contributed by atoms with van der Waals surface area (Å²) in [5.41, 5.74) is 0.242. The summed E-state index contributed by atoms with van der Waals surface area (Å²) in [6.07, 6.45) is 2.86. The topological polar surface area (TPSA) is 96.0 Å². The van der Waals surface area contributed by atoms with E-state index in [9.17, 15) is 9.59 Å². The molecule has 0 fully saturated rings. The van der Waals surface area contributed by atoms with Gasteiger partial charge in [-0.05, 0) is 0 Å². The highest BCUT2D eigenvalue weighted by Crippen LogP contribution is 1.98. The van der Waals surface area contributed by atoms with Gasteiger partial charge in [-0.1, -0.05) is 0 Å². The second-order valence-electron chi connectivity index (χ2n) is 3.28. The van der Waals surface area contributed by atoms with E-state index >= 15 is 0 Å².